The fourth-order valence-corrected chi connectivity index (χ4v) is 2.22. The second-order valence-electron chi connectivity index (χ2n) is 4.22. The third-order valence-corrected chi connectivity index (χ3v) is 3.26. The molecule has 0 fully saturated rings. The molecule has 0 radical (unpaired) electrons. The zero-order chi connectivity index (χ0) is 14.9. The summed E-state index contributed by atoms with van der Waals surface area (Å²) in [6.07, 6.45) is 0. The van der Waals surface area contributed by atoms with Crippen LogP contribution in [-0.4, -0.2) is 22.7 Å². The first-order valence-corrected chi connectivity index (χ1v) is 6.45. The number of rotatable bonds is 4. The molecule has 1 aromatic heterocycles. The van der Waals surface area contributed by atoms with Crippen LogP contribution >= 0.6 is 23.2 Å². The maximum atomic E-state index is 10.7. The highest BCUT2D eigenvalue weighted by molar-refractivity contribution is 6.39. The Labute approximate surface area is 125 Å². The van der Waals surface area contributed by atoms with E-state index in [0.717, 1.165) is 5.69 Å². The van der Waals surface area contributed by atoms with E-state index < -0.39 is 5.97 Å². The van der Waals surface area contributed by atoms with Crippen molar-refractivity contribution in [2.75, 3.05) is 6.61 Å². The monoisotopic (exact) mass is 311 g/mol. The first-order valence-electron chi connectivity index (χ1n) is 5.69. The molecule has 0 bridgehead atoms. The predicted molar refractivity (Wildman–Crippen MR) is 78.8 cm³/mol. The highest BCUT2D eigenvalue weighted by Gasteiger charge is 2.14. The fourth-order valence-electron chi connectivity index (χ4n) is 1.65. The average molecular weight is 312 g/mol. The molecule has 104 valence electrons. The van der Waals surface area contributed by atoms with Crippen molar-refractivity contribution in [2.45, 2.75) is 6.92 Å². The van der Waals surface area contributed by atoms with Crippen molar-refractivity contribution in [3.05, 3.63) is 46.1 Å². The van der Waals surface area contributed by atoms with Gasteiger partial charge in [0.25, 0.3) is 0 Å². The Morgan fingerprint density at radius 2 is 2.10 bits per heavy atom. The van der Waals surface area contributed by atoms with E-state index in [9.17, 15) is 4.79 Å². The van der Waals surface area contributed by atoms with Gasteiger partial charge in [-0.1, -0.05) is 29.8 Å². The zero-order valence-electron chi connectivity index (χ0n) is 10.6. The number of aromatic nitrogens is 1. The number of halogens is 2. The largest absolute Gasteiger partial charge is 0.485 e. The molecule has 1 aromatic carbocycles. The minimum atomic E-state index is -1.12. The molecule has 0 saturated carbocycles. The van der Waals surface area contributed by atoms with Gasteiger partial charge >= 0.3 is 5.97 Å². The molecule has 0 unspecified atom stereocenters. The van der Waals surface area contributed by atoms with Crippen molar-refractivity contribution in [2.24, 2.45) is 0 Å². The summed E-state index contributed by atoms with van der Waals surface area (Å²) in [6, 6.07) is 5.18. The van der Waals surface area contributed by atoms with Crippen LogP contribution in [0.2, 0.25) is 10.0 Å². The van der Waals surface area contributed by atoms with Gasteiger partial charge < -0.3 is 9.84 Å². The number of ether oxygens (including phenoxy) is 1. The van der Waals surface area contributed by atoms with E-state index >= 15 is 0 Å². The normalized spacial score (nSPS) is 10.6. The van der Waals surface area contributed by atoms with Crippen LogP contribution in [-0.2, 0) is 4.79 Å². The Bertz CT molecular complexity index is 713. The van der Waals surface area contributed by atoms with Gasteiger partial charge in [0, 0.05) is 11.1 Å². The van der Waals surface area contributed by atoms with Gasteiger partial charge in [-0.05, 0) is 25.1 Å². The summed E-state index contributed by atoms with van der Waals surface area (Å²) in [6.45, 7) is 5.05. The predicted octanol–water partition coefficient (Wildman–Crippen LogP) is 3.87. The molecule has 0 aliphatic heterocycles. The lowest BCUT2D eigenvalue weighted by Gasteiger charge is -2.12. The van der Waals surface area contributed by atoms with E-state index in [0.29, 0.717) is 21.7 Å². The molecule has 0 amide bonds. The number of pyridine rings is 1. The summed E-state index contributed by atoms with van der Waals surface area (Å²) in [4.78, 5) is 15.1. The van der Waals surface area contributed by atoms with Gasteiger partial charge in [-0.25, -0.2) is 9.78 Å². The minimum Gasteiger partial charge on any atom is -0.485 e. The molecule has 0 aliphatic carbocycles. The molecule has 1 heterocycles. The minimum absolute atomic E-state index is 0.0724. The Balaban J connectivity index is 2.49. The SMILES string of the molecule is C=C(COc1c(Cl)cc(Cl)c2ccc(C)nc12)C(=O)O. The molecule has 1 N–H and O–H groups in total. The van der Waals surface area contributed by atoms with Crippen LogP contribution in [0.25, 0.3) is 10.9 Å². The van der Waals surface area contributed by atoms with Crippen LogP contribution < -0.4 is 4.74 Å². The van der Waals surface area contributed by atoms with Crippen molar-refractivity contribution < 1.29 is 14.6 Å². The number of hydrogen-bond donors (Lipinski definition) is 1. The van der Waals surface area contributed by atoms with Crippen LogP contribution in [0.5, 0.6) is 5.75 Å². The van der Waals surface area contributed by atoms with Gasteiger partial charge in [0.05, 0.1) is 15.6 Å². The molecule has 2 aromatic rings. The number of carbonyl (C=O) groups is 1. The number of carboxylic acids is 1. The molecule has 20 heavy (non-hydrogen) atoms. The molecule has 2 rings (SSSR count). The van der Waals surface area contributed by atoms with Crippen LogP contribution in [0.15, 0.2) is 30.4 Å². The first-order chi connectivity index (χ1) is 9.40. The number of benzene rings is 1. The van der Waals surface area contributed by atoms with E-state index in [-0.39, 0.29) is 17.2 Å². The molecular weight excluding hydrogens is 301 g/mol. The maximum absolute atomic E-state index is 10.7. The topological polar surface area (TPSA) is 59.4 Å². The molecule has 4 nitrogen and oxygen atoms in total. The highest BCUT2D eigenvalue weighted by Crippen LogP contribution is 2.37. The zero-order valence-corrected chi connectivity index (χ0v) is 12.1. The van der Waals surface area contributed by atoms with E-state index in [1.165, 1.54) is 0 Å². The third-order valence-electron chi connectivity index (χ3n) is 2.67. The van der Waals surface area contributed by atoms with Crippen LogP contribution in [0.1, 0.15) is 5.69 Å². The van der Waals surface area contributed by atoms with Crippen molar-refractivity contribution in [1.82, 2.24) is 4.98 Å². The maximum Gasteiger partial charge on any atom is 0.334 e. The smallest absolute Gasteiger partial charge is 0.334 e. The summed E-state index contributed by atoms with van der Waals surface area (Å²) < 4.78 is 5.45. The van der Waals surface area contributed by atoms with E-state index in [2.05, 4.69) is 11.6 Å². The van der Waals surface area contributed by atoms with Crippen LogP contribution in [0.4, 0.5) is 0 Å². The number of carboxylic acid groups (broad SMARTS) is 1. The summed E-state index contributed by atoms with van der Waals surface area (Å²) in [5, 5.41) is 10.2. The van der Waals surface area contributed by atoms with Crippen LogP contribution in [0.3, 0.4) is 0 Å². The number of fused-ring (bicyclic) bond motifs is 1. The Kier molecular flexibility index (Phi) is 4.16. The van der Waals surface area contributed by atoms with Crippen LogP contribution in [0, 0.1) is 6.92 Å². The summed E-state index contributed by atoms with van der Waals surface area (Å²) in [7, 11) is 0. The number of aliphatic carboxylic acids is 1. The van der Waals surface area contributed by atoms with E-state index in [4.69, 9.17) is 33.0 Å². The van der Waals surface area contributed by atoms with Crippen molar-refractivity contribution in [3.63, 3.8) is 0 Å². The number of aryl methyl sites for hydroxylation is 1. The van der Waals surface area contributed by atoms with Gasteiger partial charge in [0.15, 0.2) is 5.75 Å². The Morgan fingerprint density at radius 1 is 1.40 bits per heavy atom. The summed E-state index contributed by atoms with van der Waals surface area (Å²) in [5.74, 6) is -0.819. The van der Waals surface area contributed by atoms with Crippen molar-refractivity contribution in [3.8, 4) is 5.75 Å². The molecule has 0 aliphatic rings. The molecule has 0 saturated heterocycles. The molecule has 6 heteroatoms. The quantitative estimate of drug-likeness (QED) is 0.871. The lowest BCUT2D eigenvalue weighted by Crippen LogP contribution is -2.09. The van der Waals surface area contributed by atoms with Crippen molar-refractivity contribution in [1.29, 1.82) is 0 Å². The van der Waals surface area contributed by atoms with E-state index in [1.807, 2.05) is 19.1 Å². The number of nitrogens with zero attached hydrogens (tertiary/aromatic N) is 1. The molecule has 0 atom stereocenters. The second-order valence-corrected chi connectivity index (χ2v) is 5.03. The lowest BCUT2D eigenvalue weighted by molar-refractivity contribution is -0.133. The van der Waals surface area contributed by atoms with Gasteiger partial charge in [0.2, 0.25) is 0 Å². The van der Waals surface area contributed by atoms with Gasteiger partial charge in [-0.15, -0.1) is 0 Å². The molecular formula is C14H11Cl2NO3. The lowest BCUT2D eigenvalue weighted by atomic mass is 10.2. The first kappa shape index (κ1) is 14.6. The average Bonchev–Trinajstić information content (AvgIpc) is 2.37. The number of hydrogen-bond acceptors (Lipinski definition) is 3. The van der Waals surface area contributed by atoms with Crippen molar-refractivity contribution >= 4 is 40.1 Å². The Hall–Kier alpha value is -1.78. The summed E-state index contributed by atoms with van der Waals surface area (Å²) >= 11 is 12.2. The fraction of sp³-hybridized carbons (Fsp3) is 0.143. The van der Waals surface area contributed by atoms with Gasteiger partial charge in [-0.2, -0.15) is 0 Å². The second kappa shape index (κ2) is 5.69. The highest BCUT2D eigenvalue weighted by atomic mass is 35.5. The van der Waals surface area contributed by atoms with Gasteiger partial charge in [0.1, 0.15) is 12.1 Å². The van der Waals surface area contributed by atoms with E-state index in [1.54, 1.807) is 6.07 Å². The molecule has 0 spiro atoms. The standard InChI is InChI=1S/C14H11Cl2NO3/c1-7(14(18)19)6-20-13-11(16)5-10(15)9-4-3-8(2)17-12(9)13/h3-5H,1,6H2,2H3,(H,18,19). The van der Waals surface area contributed by atoms with Gasteiger partial charge in [-0.3, -0.25) is 0 Å². The summed E-state index contributed by atoms with van der Waals surface area (Å²) in [5.41, 5.74) is 1.20. The Morgan fingerprint density at radius 3 is 2.75 bits per heavy atom. The third kappa shape index (κ3) is 2.86.